The summed E-state index contributed by atoms with van der Waals surface area (Å²) in [6, 6.07) is 9.57. The van der Waals surface area contributed by atoms with Gasteiger partial charge in [0.2, 0.25) is 10.0 Å². The fourth-order valence-corrected chi connectivity index (χ4v) is 2.83. The van der Waals surface area contributed by atoms with Crippen LogP contribution in [-0.2, 0) is 10.0 Å². The van der Waals surface area contributed by atoms with Crippen molar-refractivity contribution in [3.8, 4) is 5.75 Å². The highest BCUT2D eigenvalue weighted by Crippen LogP contribution is 2.20. The fourth-order valence-electron chi connectivity index (χ4n) is 1.93. The lowest BCUT2D eigenvalue weighted by molar-refractivity contribution is 0.102. The molecule has 0 aliphatic carbocycles. The summed E-state index contributed by atoms with van der Waals surface area (Å²) in [5, 5.41) is 2.58. The number of halogens is 1. The molecule has 0 spiro atoms. The summed E-state index contributed by atoms with van der Waals surface area (Å²) in [6.45, 7) is 0. The van der Waals surface area contributed by atoms with Crippen molar-refractivity contribution in [2.24, 2.45) is 0 Å². The van der Waals surface area contributed by atoms with E-state index in [1.165, 1.54) is 57.6 Å². The van der Waals surface area contributed by atoms with Gasteiger partial charge >= 0.3 is 0 Å². The van der Waals surface area contributed by atoms with Gasteiger partial charge in [0.25, 0.3) is 5.91 Å². The first-order valence-electron chi connectivity index (χ1n) is 6.93. The lowest BCUT2D eigenvalue weighted by Crippen LogP contribution is -2.22. The van der Waals surface area contributed by atoms with Crippen LogP contribution in [-0.4, -0.2) is 39.8 Å². The lowest BCUT2D eigenvalue weighted by atomic mass is 10.2. The molecule has 0 unspecified atom stereocenters. The normalized spacial score (nSPS) is 11.4. The molecular weight excluding hydrogens is 335 g/mol. The summed E-state index contributed by atoms with van der Waals surface area (Å²) in [5.74, 6) is -1.11. The van der Waals surface area contributed by atoms with Crippen molar-refractivity contribution in [3.05, 3.63) is 53.8 Å². The van der Waals surface area contributed by atoms with Crippen molar-refractivity contribution in [2.75, 3.05) is 26.5 Å². The van der Waals surface area contributed by atoms with E-state index in [9.17, 15) is 17.6 Å². The minimum atomic E-state index is -3.53. The predicted molar refractivity (Wildman–Crippen MR) is 88.2 cm³/mol. The van der Waals surface area contributed by atoms with Crippen LogP contribution >= 0.6 is 0 Å². The minimum absolute atomic E-state index is 0.0461. The van der Waals surface area contributed by atoms with Gasteiger partial charge in [-0.3, -0.25) is 4.79 Å². The summed E-state index contributed by atoms with van der Waals surface area (Å²) in [5.41, 5.74) is 0.521. The number of sulfonamides is 1. The van der Waals surface area contributed by atoms with E-state index in [1.54, 1.807) is 0 Å². The van der Waals surface area contributed by atoms with Gasteiger partial charge in [0.1, 0.15) is 0 Å². The average molecular weight is 352 g/mol. The Morgan fingerprint density at radius 1 is 1.12 bits per heavy atom. The van der Waals surface area contributed by atoms with Gasteiger partial charge < -0.3 is 10.1 Å². The van der Waals surface area contributed by atoms with Gasteiger partial charge in [-0.05, 0) is 42.5 Å². The molecule has 0 aliphatic heterocycles. The van der Waals surface area contributed by atoms with Gasteiger partial charge in [-0.25, -0.2) is 17.1 Å². The Morgan fingerprint density at radius 2 is 1.75 bits per heavy atom. The topological polar surface area (TPSA) is 75.7 Å². The first kappa shape index (κ1) is 17.9. The van der Waals surface area contributed by atoms with E-state index in [4.69, 9.17) is 4.74 Å². The third-order valence-corrected chi connectivity index (χ3v) is 5.13. The molecule has 0 aliphatic rings. The Bertz CT molecular complexity index is 849. The van der Waals surface area contributed by atoms with Gasteiger partial charge in [0, 0.05) is 25.3 Å². The Labute approximate surface area is 139 Å². The van der Waals surface area contributed by atoms with E-state index in [2.05, 4.69) is 5.32 Å². The number of ether oxygens (including phenoxy) is 1. The number of benzene rings is 2. The zero-order chi connectivity index (χ0) is 17.9. The van der Waals surface area contributed by atoms with Crippen LogP contribution in [0.25, 0.3) is 0 Å². The van der Waals surface area contributed by atoms with Crippen molar-refractivity contribution in [2.45, 2.75) is 4.90 Å². The molecule has 0 atom stereocenters. The molecule has 0 bridgehead atoms. The number of nitrogens with zero attached hydrogens (tertiary/aromatic N) is 1. The molecule has 0 radical (unpaired) electrons. The number of rotatable bonds is 5. The van der Waals surface area contributed by atoms with Crippen molar-refractivity contribution >= 4 is 21.6 Å². The van der Waals surface area contributed by atoms with Gasteiger partial charge in [-0.1, -0.05) is 0 Å². The van der Waals surface area contributed by atoms with Crippen LogP contribution in [0.5, 0.6) is 5.75 Å². The SMILES string of the molecule is COc1ccc(C(=O)Nc2ccc(S(=O)(=O)N(C)C)cc2)cc1F. The third kappa shape index (κ3) is 3.72. The predicted octanol–water partition coefficient (Wildman–Crippen LogP) is 2.34. The van der Waals surface area contributed by atoms with Crippen LogP contribution in [0.2, 0.25) is 0 Å². The van der Waals surface area contributed by atoms with Gasteiger partial charge in [-0.2, -0.15) is 0 Å². The maximum atomic E-state index is 13.6. The molecular formula is C16H17FN2O4S. The molecule has 8 heteroatoms. The molecule has 1 N–H and O–H groups in total. The van der Waals surface area contributed by atoms with E-state index in [0.717, 1.165) is 10.4 Å². The maximum absolute atomic E-state index is 13.6. The van der Waals surface area contributed by atoms with Gasteiger partial charge in [-0.15, -0.1) is 0 Å². The highest BCUT2D eigenvalue weighted by Gasteiger charge is 2.17. The summed E-state index contributed by atoms with van der Waals surface area (Å²) in [7, 11) is 0.672. The smallest absolute Gasteiger partial charge is 0.255 e. The molecule has 1 amide bonds. The summed E-state index contributed by atoms with van der Waals surface area (Å²) < 4.78 is 43.5. The van der Waals surface area contributed by atoms with E-state index in [1.807, 2.05) is 0 Å². The first-order chi connectivity index (χ1) is 11.3. The highest BCUT2D eigenvalue weighted by atomic mass is 32.2. The second kappa shape index (κ2) is 6.98. The van der Waals surface area contributed by atoms with Crippen LogP contribution in [0.1, 0.15) is 10.4 Å². The summed E-state index contributed by atoms with van der Waals surface area (Å²) in [6.07, 6.45) is 0. The second-order valence-corrected chi connectivity index (χ2v) is 7.27. The molecule has 2 rings (SSSR count). The largest absolute Gasteiger partial charge is 0.494 e. The first-order valence-corrected chi connectivity index (χ1v) is 8.37. The average Bonchev–Trinajstić information content (AvgIpc) is 2.55. The van der Waals surface area contributed by atoms with E-state index in [0.29, 0.717) is 5.69 Å². The van der Waals surface area contributed by atoms with E-state index < -0.39 is 21.7 Å². The van der Waals surface area contributed by atoms with Crippen molar-refractivity contribution < 1.29 is 22.3 Å². The number of carbonyl (C=O) groups is 1. The number of anilines is 1. The maximum Gasteiger partial charge on any atom is 0.255 e. The number of methoxy groups -OCH3 is 1. The van der Waals surface area contributed by atoms with Crippen LogP contribution in [0.15, 0.2) is 47.4 Å². The van der Waals surface area contributed by atoms with Crippen molar-refractivity contribution in [3.63, 3.8) is 0 Å². The van der Waals surface area contributed by atoms with Crippen molar-refractivity contribution in [1.29, 1.82) is 0 Å². The number of carbonyl (C=O) groups excluding carboxylic acids is 1. The molecule has 2 aromatic rings. The van der Waals surface area contributed by atoms with Gasteiger partial charge in [0.15, 0.2) is 11.6 Å². The molecule has 0 aromatic heterocycles. The van der Waals surface area contributed by atoms with Gasteiger partial charge in [0.05, 0.1) is 12.0 Å². The standard InChI is InChI=1S/C16H17FN2O4S/c1-19(2)24(21,22)13-7-5-12(6-8-13)18-16(20)11-4-9-15(23-3)14(17)10-11/h4-10H,1-3H3,(H,18,20). The van der Waals surface area contributed by atoms with Crippen molar-refractivity contribution in [1.82, 2.24) is 4.31 Å². The quantitative estimate of drug-likeness (QED) is 0.896. The number of hydrogen-bond donors (Lipinski definition) is 1. The lowest BCUT2D eigenvalue weighted by Gasteiger charge is -2.12. The Morgan fingerprint density at radius 3 is 2.25 bits per heavy atom. The molecule has 24 heavy (non-hydrogen) atoms. The summed E-state index contributed by atoms with van der Waals surface area (Å²) in [4.78, 5) is 12.2. The Hall–Kier alpha value is -2.45. The van der Waals surface area contributed by atoms with Crippen LogP contribution in [0.4, 0.5) is 10.1 Å². The van der Waals surface area contributed by atoms with E-state index >= 15 is 0 Å². The molecule has 2 aromatic carbocycles. The Balaban J connectivity index is 2.17. The monoisotopic (exact) mass is 352 g/mol. The minimum Gasteiger partial charge on any atom is -0.494 e. The molecule has 0 saturated heterocycles. The number of amides is 1. The Kier molecular flexibility index (Phi) is 5.20. The van der Waals surface area contributed by atoms with Crippen LogP contribution in [0, 0.1) is 5.82 Å². The fraction of sp³-hybridized carbons (Fsp3) is 0.188. The van der Waals surface area contributed by atoms with Crippen LogP contribution < -0.4 is 10.1 Å². The third-order valence-electron chi connectivity index (χ3n) is 3.30. The second-order valence-electron chi connectivity index (χ2n) is 5.12. The number of nitrogens with one attached hydrogen (secondary N) is 1. The summed E-state index contributed by atoms with van der Waals surface area (Å²) >= 11 is 0. The van der Waals surface area contributed by atoms with E-state index in [-0.39, 0.29) is 16.2 Å². The molecule has 128 valence electrons. The highest BCUT2D eigenvalue weighted by molar-refractivity contribution is 7.89. The molecule has 6 nitrogen and oxygen atoms in total. The number of hydrogen-bond acceptors (Lipinski definition) is 4. The zero-order valence-electron chi connectivity index (χ0n) is 13.4. The molecule has 0 heterocycles. The molecule has 0 saturated carbocycles. The molecule has 0 fully saturated rings. The zero-order valence-corrected chi connectivity index (χ0v) is 14.2. The van der Waals surface area contributed by atoms with Crippen LogP contribution in [0.3, 0.4) is 0 Å².